The summed E-state index contributed by atoms with van der Waals surface area (Å²) in [6.45, 7) is 3.02. The molecule has 1 aromatic heterocycles. The lowest BCUT2D eigenvalue weighted by Gasteiger charge is -2.37. The molecule has 5 rings (SSSR count). The molecule has 1 saturated heterocycles. The largest absolute Gasteiger partial charge is 0.495 e. The first-order chi connectivity index (χ1) is 16.5. The van der Waals surface area contributed by atoms with Crippen molar-refractivity contribution in [3.8, 4) is 17.2 Å². The van der Waals surface area contributed by atoms with Crippen LogP contribution < -0.4 is 24.0 Å². The number of fused-ring (bicyclic) bond motifs is 1. The van der Waals surface area contributed by atoms with E-state index in [2.05, 4.69) is 9.80 Å². The number of piperazine rings is 1. The lowest BCUT2D eigenvalue weighted by molar-refractivity contribution is 0.0696. The molecule has 0 unspecified atom stereocenters. The SMILES string of the molecule is COc1cc2nc(C3CC3)nc(N3CCN(c4ccc(C(=O)O)cc4OC)CC3)c2cc1OC. The highest BCUT2D eigenvalue weighted by molar-refractivity contribution is 5.92. The highest BCUT2D eigenvalue weighted by Gasteiger charge is 2.30. The number of aromatic nitrogens is 2. The van der Waals surface area contributed by atoms with Crippen molar-refractivity contribution in [3.63, 3.8) is 0 Å². The fourth-order valence-corrected chi connectivity index (χ4v) is 4.45. The van der Waals surface area contributed by atoms with Crippen molar-refractivity contribution in [1.29, 1.82) is 0 Å². The lowest BCUT2D eigenvalue weighted by atomic mass is 10.1. The number of benzene rings is 2. The molecule has 34 heavy (non-hydrogen) atoms. The Hall–Kier alpha value is -3.75. The number of ether oxygens (including phenoxy) is 3. The molecule has 1 aliphatic carbocycles. The Kier molecular flexibility index (Phi) is 5.77. The van der Waals surface area contributed by atoms with Gasteiger partial charge in [-0.2, -0.15) is 0 Å². The van der Waals surface area contributed by atoms with E-state index in [-0.39, 0.29) is 5.56 Å². The van der Waals surface area contributed by atoms with Crippen LogP contribution in [0.3, 0.4) is 0 Å². The topological polar surface area (TPSA) is 97.3 Å². The monoisotopic (exact) mass is 464 g/mol. The van der Waals surface area contributed by atoms with E-state index in [0.29, 0.717) is 23.2 Å². The molecule has 0 radical (unpaired) electrons. The summed E-state index contributed by atoms with van der Waals surface area (Å²) in [6.07, 6.45) is 2.25. The van der Waals surface area contributed by atoms with Gasteiger partial charge in [0.15, 0.2) is 11.5 Å². The van der Waals surface area contributed by atoms with Crippen molar-refractivity contribution in [2.75, 3.05) is 57.3 Å². The van der Waals surface area contributed by atoms with Gasteiger partial charge < -0.3 is 29.1 Å². The molecule has 2 aromatic carbocycles. The third-order valence-electron chi connectivity index (χ3n) is 6.49. The second kappa shape index (κ2) is 8.89. The third-order valence-corrected chi connectivity index (χ3v) is 6.49. The van der Waals surface area contributed by atoms with Gasteiger partial charge in [-0.3, -0.25) is 0 Å². The van der Waals surface area contributed by atoms with Crippen LogP contribution in [0, 0.1) is 0 Å². The van der Waals surface area contributed by atoms with E-state index in [9.17, 15) is 9.90 Å². The predicted octanol–water partition coefficient (Wildman–Crippen LogP) is 3.56. The number of carbonyl (C=O) groups is 1. The molecular weight excluding hydrogens is 436 g/mol. The second-order valence-electron chi connectivity index (χ2n) is 8.57. The first-order valence-corrected chi connectivity index (χ1v) is 11.4. The fourth-order valence-electron chi connectivity index (χ4n) is 4.45. The van der Waals surface area contributed by atoms with Gasteiger partial charge in [-0.1, -0.05) is 0 Å². The summed E-state index contributed by atoms with van der Waals surface area (Å²) >= 11 is 0. The molecule has 0 amide bonds. The van der Waals surface area contributed by atoms with Crippen molar-refractivity contribution in [2.45, 2.75) is 18.8 Å². The van der Waals surface area contributed by atoms with E-state index in [1.807, 2.05) is 18.2 Å². The van der Waals surface area contributed by atoms with Crippen LogP contribution in [0.4, 0.5) is 11.5 Å². The molecule has 1 saturated carbocycles. The normalized spacial score (nSPS) is 16.0. The van der Waals surface area contributed by atoms with E-state index < -0.39 is 5.97 Å². The minimum absolute atomic E-state index is 0.212. The number of aromatic carboxylic acids is 1. The number of nitrogens with zero attached hydrogens (tertiary/aromatic N) is 4. The maximum atomic E-state index is 11.3. The summed E-state index contributed by atoms with van der Waals surface area (Å²) in [7, 11) is 4.82. The van der Waals surface area contributed by atoms with Gasteiger partial charge in [0.05, 0.1) is 38.1 Å². The Morgan fingerprint density at radius 1 is 0.882 bits per heavy atom. The molecule has 2 heterocycles. The number of methoxy groups -OCH3 is 3. The molecule has 9 nitrogen and oxygen atoms in total. The summed E-state index contributed by atoms with van der Waals surface area (Å²) in [4.78, 5) is 25.7. The number of anilines is 2. The van der Waals surface area contributed by atoms with Gasteiger partial charge in [0.2, 0.25) is 0 Å². The van der Waals surface area contributed by atoms with Crippen molar-refractivity contribution in [3.05, 3.63) is 41.7 Å². The van der Waals surface area contributed by atoms with Gasteiger partial charge in [0.1, 0.15) is 17.4 Å². The zero-order valence-electron chi connectivity index (χ0n) is 19.6. The smallest absolute Gasteiger partial charge is 0.335 e. The van der Waals surface area contributed by atoms with Crippen LogP contribution in [0.25, 0.3) is 10.9 Å². The zero-order chi connectivity index (χ0) is 23.8. The molecule has 178 valence electrons. The average Bonchev–Trinajstić information content (AvgIpc) is 3.72. The Balaban J connectivity index is 1.45. The molecule has 0 atom stereocenters. The molecule has 0 spiro atoms. The van der Waals surface area contributed by atoms with Crippen LogP contribution in [0.1, 0.15) is 34.9 Å². The number of rotatable bonds is 7. The fraction of sp³-hybridized carbons (Fsp3) is 0.400. The van der Waals surface area contributed by atoms with E-state index in [1.165, 1.54) is 0 Å². The number of carboxylic acids is 1. The molecule has 1 aliphatic heterocycles. The quantitative estimate of drug-likeness (QED) is 0.563. The maximum absolute atomic E-state index is 11.3. The molecule has 0 bridgehead atoms. The van der Waals surface area contributed by atoms with Crippen molar-refractivity contribution < 1.29 is 24.1 Å². The van der Waals surface area contributed by atoms with Gasteiger partial charge in [0, 0.05) is 43.5 Å². The minimum Gasteiger partial charge on any atom is -0.495 e. The van der Waals surface area contributed by atoms with Gasteiger partial charge in [-0.25, -0.2) is 14.8 Å². The maximum Gasteiger partial charge on any atom is 0.335 e. The second-order valence-corrected chi connectivity index (χ2v) is 8.57. The summed E-state index contributed by atoms with van der Waals surface area (Å²) in [5.74, 6) is 3.14. The molecule has 2 aliphatic rings. The van der Waals surface area contributed by atoms with Crippen LogP contribution in [0.15, 0.2) is 30.3 Å². The van der Waals surface area contributed by atoms with Crippen LogP contribution in [0.2, 0.25) is 0 Å². The van der Waals surface area contributed by atoms with Gasteiger partial charge in [-0.15, -0.1) is 0 Å². The number of hydrogen-bond acceptors (Lipinski definition) is 8. The number of carboxylic acid groups (broad SMARTS) is 1. The van der Waals surface area contributed by atoms with Crippen LogP contribution in [-0.4, -0.2) is 68.6 Å². The van der Waals surface area contributed by atoms with Gasteiger partial charge >= 0.3 is 5.97 Å². The number of hydrogen-bond donors (Lipinski definition) is 1. The van der Waals surface area contributed by atoms with Gasteiger partial charge in [-0.05, 0) is 37.1 Å². The first kappa shape index (κ1) is 22.1. The Bertz CT molecular complexity index is 1240. The minimum atomic E-state index is -0.969. The summed E-state index contributed by atoms with van der Waals surface area (Å²) in [5, 5.41) is 10.2. The van der Waals surface area contributed by atoms with E-state index in [1.54, 1.807) is 33.5 Å². The van der Waals surface area contributed by atoms with E-state index in [4.69, 9.17) is 24.2 Å². The summed E-state index contributed by atoms with van der Waals surface area (Å²) < 4.78 is 16.5. The first-order valence-electron chi connectivity index (χ1n) is 11.4. The van der Waals surface area contributed by atoms with Gasteiger partial charge in [0.25, 0.3) is 0 Å². The van der Waals surface area contributed by atoms with Crippen molar-refractivity contribution in [1.82, 2.24) is 9.97 Å². The van der Waals surface area contributed by atoms with Crippen molar-refractivity contribution in [2.24, 2.45) is 0 Å². The highest BCUT2D eigenvalue weighted by atomic mass is 16.5. The zero-order valence-corrected chi connectivity index (χ0v) is 19.6. The Morgan fingerprint density at radius 2 is 1.53 bits per heavy atom. The standard InChI is InChI=1S/C25H28N4O5/c1-32-20-12-16(25(30)31)6-7-19(20)28-8-10-29(11-9-28)24-17-13-21(33-2)22(34-3)14-18(17)26-23(27-24)15-4-5-15/h6-7,12-15H,4-5,8-11H2,1-3H3,(H,30,31). The van der Waals surface area contributed by atoms with E-state index >= 15 is 0 Å². The molecular formula is C25H28N4O5. The summed E-state index contributed by atoms with van der Waals surface area (Å²) in [6, 6.07) is 8.90. The van der Waals surface area contributed by atoms with Crippen LogP contribution >= 0.6 is 0 Å². The predicted molar refractivity (Wildman–Crippen MR) is 129 cm³/mol. The van der Waals surface area contributed by atoms with Crippen molar-refractivity contribution >= 4 is 28.4 Å². The lowest BCUT2D eigenvalue weighted by Crippen LogP contribution is -2.47. The molecule has 2 fully saturated rings. The third kappa shape index (κ3) is 4.02. The Morgan fingerprint density at radius 3 is 2.15 bits per heavy atom. The van der Waals surface area contributed by atoms with E-state index in [0.717, 1.165) is 67.3 Å². The van der Waals surface area contributed by atoms with Crippen LogP contribution in [-0.2, 0) is 0 Å². The summed E-state index contributed by atoms with van der Waals surface area (Å²) in [5.41, 5.74) is 1.96. The molecule has 3 aromatic rings. The highest BCUT2D eigenvalue weighted by Crippen LogP contribution is 2.42. The Labute approximate surface area is 197 Å². The van der Waals surface area contributed by atoms with Crippen LogP contribution in [0.5, 0.6) is 17.2 Å². The average molecular weight is 465 g/mol. The molecule has 9 heteroatoms. The molecule has 1 N–H and O–H groups in total.